The van der Waals surface area contributed by atoms with Crippen LogP contribution >= 0.6 is 0 Å². The number of H-pyrrole nitrogens is 2. The SMILES string of the molecule is CC(C)(C)OC(=O)N1CCCC1c1nc2ccc(C3CCC(c4ccc5nc([C@@H]6CCCN6C(=O)OC(C)(C)C)[nH]c5c4)N3c3ccc(C(C)(C)C)cc3)cc2[nH]1. The zero-order valence-corrected chi connectivity index (χ0v) is 35.1. The van der Waals surface area contributed by atoms with E-state index in [9.17, 15) is 9.59 Å². The van der Waals surface area contributed by atoms with E-state index in [0.717, 1.165) is 72.2 Å². The summed E-state index contributed by atoms with van der Waals surface area (Å²) >= 11 is 0. The highest BCUT2D eigenvalue weighted by Gasteiger charge is 2.39. The van der Waals surface area contributed by atoms with Crippen LogP contribution in [0, 0.1) is 0 Å². The number of rotatable bonds is 5. The highest BCUT2D eigenvalue weighted by atomic mass is 16.6. The highest BCUT2D eigenvalue weighted by molar-refractivity contribution is 5.78. The second-order valence-electron chi connectivity index (χ2n) is 19.3. The number of ether oxygens (including phenoxy) is 2. The van der Waals surface area contributed by atoms with Crippen LogP contribution in [0.25, 0.3) is 22.1 Å². The van der Waals surface area contributed by atoms with E-state index >= 15 is 0 Å². The first-order valence-corrected chi connectivity index (χ1v) is 20.8. The van der Waals surface area contributed by atoms with E-state index in [4.69, 9.17) is 19.4 Å². The van der Waals surface area contributed by atoms with Crippen LogP contribution in [0.2, 0.25) is 0 Å². The molecule has 302 valence electrons. The molecule has 2 amide bonds. The van der Waals surface area contributed by atoms with Crippen LogP contribution in [-0.4, -0.2) is 66.2 Å². The number of aromatic amines is 2. The summed E-state index contributed by atoms with van der Waals surface area (Å²) in [6, 6.07) is 22.3. The maximum atomic E-state index is 13.1. The van der Waals surface area contributed by atoms with Gasteiger partial charge in [0, 0.05) is 18.8 Å². The Hall–Kier alpha value is -5.06. The van der Waals surface area contributed by atoms with Gasteiger partial charge in [-0.05, 0) is 139 Å². The Balaban J connectivity index is 1.10. The Labute approximate surface area is 336 Å². The predicted octanol–water partition coefficient (Wildman–Crippen LogP) is 11.0. The Bertz CT molecular complexity index is 2140. The number of nitrogens with one attached hydrogen (secondary N) is 2. The molecule has 3 unspecified atom stereocenters. The highest BCUT2D eigenvalue weighted by Crippen LogP contribution is 2.48. The van der Waals surface area contributed by atoms with Crippen LogP contribution in [0.3, 0.4) is 0 Å². The molecular weight excluding hydrogens is 715 g/mol. The predicted molar refractivity (Wildman–Crippen MR) is 224 cm³/mol. The molecule has 0 bridgehead atoms. The normalized spacial score (nSPS) is 21.9. The number of imidazole rings is 2. The summed E-state index contributed by atoms with van der Waals surface area (Å²) in [5, 5.41) is 0. The Morgan fingerprint density at radius 1 is 0.596 bits per heavy atom. The molecule has 0 aliphatic carbocycles. The van der Waals surface area contributed by atoms with Crippen LogP contribution < -0.4 is 4.90 Å². The Morgan fingerprint density at radius 3 is 1.44 bits per heavy atom. The zero-order chi connectivity index (χ0) is 40.4. The van der Waals surface area contributed by atoms with Crippen molar-refractivity contribution in [2.75, 3.05) is 18.0 Å². The molecule has 5 aromatic rings. The lowest BCUT2D eigenvalue weighted by atomic mass is 9.87. The van der Waals surface area contributed by atoms with Gasteiger partial charge in [-0.1, -0.05) is 45.0 Å². The number of likely N-dealkylation sites (tertiary alicyclic amines) is 2. The third-order valence-corrected chi connectivity index (χ3v) is 11.6. The number of hydrogen-bond donors (Lipinski definition) is 2. The molecule has 11 heteroatoms. The lowest BCUT2D eigenvalue weighted by Crippen LogP contribution is -2.36. The number of carbonyl (C=O) groups excluding carboxylic acids is 2. The third-order valence-electron chi connectivity index (χ3n) is 11.6. The van der Waals surface area contributed by atoms with Crippen molar-refractivity contribution in [3.8, 4) is 0 Å². The fourth-order valence-electron chi connectivity index (χ4n) is 8.96. The molecular formula is C46H59N7O4. The van der Waals surface area contributed by atoms with Gasteiger partial charge in [0.2, 0.25) is 0 Å². The van der Waals surface area contributed by atoms with E-state index in [1.54, 1.807) is 0 Å². The van der Waals surface area contributed by atoms with Crippen LogP contribution in [0.1, 0.15) is 153 Å². The number of carbonyl (C=O) groups is 2. The van der Waals surface area contributed by atoms with Gasteiger partial charge >= 0.3 is 12.2 Å². The molecule has 2 N–H and O–H groups in total. The first kappa shape index (κ1) is 38.8. The number of anilines is 1. The summed E-state index contributed by atoms with van der Waals surface area (Å²) in [5.74, 6) is 1.62. The minimum atomic E-state index is -0.557. The summed E-state index contributed by atoms with van der Waals surface area (Å²) in [5.41, 5.74) is 7.62. The fraction of sp³-hybridized carbons (Fsp3) is 0.522. The number of amides is 2. The molecule has 3 saturated heterocycles. The van der Waals surface area contributed by atoms with Crippen molar-refractivity contribution in [1.82, 2.24) is 29.7 Å². The molecule has 3 fully saturated rings. The van der Waals surface area contributed by atoms with E-state index in [-0.39, 0.29) is 41.8 Å². The lowest BCUT2D eigenvalue weighted by Gasteiger charge is -2.34. The minimum absolute atomic E-state index is 0.0474. The summed E-state index contributed by atoms with van der Waals surface area (Å²) < 4.78 is 11.5. The molecule has 4 atom stereocenters. The molecule has 11 nitrogen and oxygen atoms in total. The van der Waals surface area contributed by atoms with Crippen molar-refractivity contribution in [1.29, 1.82) is 0 Å². The van der Waals surface area contributed by atoms with Gasteiger partial charge in [0.15, 0.2) is 0 Å². The van der Waals surface area contributed by atoms with Gasteiger partial charge in [-0.2, -0.15) is 0 Å². The summed E-state index contributed by atoms with van der Waals surface area (Å²) in [6.07, 6.45) is 4.90. The molecule has 3 aliphatic heterocycles. The molecule has 0 radical (unpaired) electrons. The second-order valence-corrected chi connectivity index (χ2v) is 19.3. The molecule has 57 heavy (non-hydrogen) atoms. The maximum absolute atomic E-state index is 13.1. The van der Waals surface area contributed by atoms with Crippen molar-refractivity contribution in [3.05, 3.63) is 89.0 Å². The molecule has 5 heterocycles. The summed E-state index contributed by atoms with van der Waals surface area (Å²) in [6.45, 7) is 19.5. The molecule has 2 aromatic heterocycles. The van der Waals surface area contributed by atoms with E-state index in [0.29, 0.717) is 13.1 Å². The van der Waals surface area contributed by atoms with Gasteiger partial charge in [0.1, 0.15) is 22.9 Å². The van der Waals surface area contributed by atoms with Crippen molar-refractivity contribution >= 4 is 39.9 Å². The number of fused-ring (bicyclic) bond motifs is 2. The average molecular weight is 774 g/mol. The third kappa shape index (κ3) is 7.94. The molecule has 3 aromatic carbocycles. The summed E-state index contributed by atoms with van der Waals surface area (Å²) in [7, 11) is 0. The molecule has 0 spiro atoms. The monoisotopic (exact) mass is 773 g/mol. The van der Waals surface area contributed by atoms with Gasteiger partial charge < -0.3 is 24.3 Å². The van der Waals surface area contributed by atoms with Crippen LogP contribution in [-0.2, 0) is 14.9 Å². The number of hydrogen-bond acceptors (Lipinski definition) is 7. The number of nitrogens with zero attached hydrogens (tertiary/aromatic N) is 5. The largest absolute Gasteiger partial charge is 0.444 e. The van der Waals surface area contributed by atoms with Crippen molar-refractivity contribution in [2.24, 2.45) is 0 Å². The Kier molecular flexibility index (Phi) is 9.80. The van der Waals surface area contributed by atoms with Crippen LogP contribution in [0.15, 0.2) is 60.7 Å². The van der Waals surface area contributed by atoms with Gasteiger partial charge in [0.25, 0.3) is 0 Å². The Morgan fingerprint density at radius 2 is 1.04 bits per heavy atom. The fourth-order valence-corrected chi connectivity index (χ4v) is 8.96. The first-order chi connectivity index (χ1) is 26.9. The average Bonchev–Trinajstić information content (AvgIpc) is 3.97. The van der Waals surface area contributed by atoms with E-state index < -0.39 is 11.2 Å². The number of aromatic nitrogens is 4. The first-order valence-electron chi connectivity index (χ1n) is 20.8. The summed E-state index contributed by atoms with van der Waals surface area (Å²) in [4.78, 5) is 49.7. The van der Waals surface area contributed by atoms with Gasteiger partial charge in [-0.15, -0.1) is 0 Å². The van der Waals surface area contributed by atoms with Crippen molar-refractivity contribution in [3.63, 3.8) is 0 Å². The maximum Gasteiger partial charge on any atom is 0.410 e. The second kappa shape index (κ2) is 14.4. The van der Waals surface area contributed by atoms with Crippen LogP contribution in [0.5, 0.6) is 0 Å². The minimum Gasteiger partial charge on any atom is -0.444 e. The zero-order valence-electron chi connectivity index (χ0n) is 35.1. The van der Waals surface area contributed by atoms with Gasteiger partial charge in [-0.25, -0.2) is 19.6 Å². The van der Waals surface area contributed by atoms with E-state index in [1.807, 2.05) is 51.3 Å². The number of benzene rings is 3. The molecule has 3 aliphatic rings. The molecule has 8 rings (SSSR count). The quantitative estimate of drug-likeness (QED) is 0.182. The molecule has 0 saturated carbocycles. The van der Waals surface area contributed by atoms with E-state index in [1.165, 1.54) is 22.4 Å². The van der Waals surface area contributed by atoms with Crippen molar-refractivity contribution in [2.45, 2.75) is 142 Å². The van der Waals surface area contributed by atoms with Crippen LogP contribution in [0.4, 0.5) is 15.3 Å². The standard InChI is InChI=1S/C46H59N7O4/c1-44(2,3)30-16-18-31(19-17-30)53-36(28-14-20-32-34(26-28)49-40(47-32)38-12-10-24-51(38)42(54)56-45(4,5)6)22-23-37(53)29-15-21-33-35(27-29)50-41(48-33)39-13-11-25-52(39)43(55)57-46(7,8)9/h14-21,26-27,36-39H,10-13,22-25H2,1-9H3,(H,47,49)(H,48,50)/t36?,37?,38-,39?/m0/s1. The van der Waals surface area contributed by atoms with Gasteiger partial charge in [0.05, 0.1) is 46.2 Å². The topological polar surface area (TPSA) is 120 Å². The smallest absolute Gasteiger partial charge is 0.410 e. The van der Waals surface area contributed by atoms with E-state index in [2.05, 4.69) is 96.3 Å². The lowest BCUT2D eigenvalue weighted by molar-refractivity contribution is 0.0208. The van der Waals surface area contributed by atoms with Gasteiger partial charge in [-0.3, -0.25) is 9.80 Å². The van der Waals surface area contributed by atoms with Crippen molar-refractivity contribution < 1.29 is 19.1 Å².